The number of hydrogen-bond acceptors (Lipinski definition) is 5. The summed E-state index contributed by atoms with van der Waals surface area (Å²) < 4.78 is 15.1. The first-order valence-electron chi connectivity index (χ1n) is 10.5. The Hall–Kier alpha value is -2.80. The number of hydrogen-bond donors (Lipinski definition) is 1. The molecule has 30 heavy (non-hydrogen) atoms. The topological polar surface area (TPSA) is 58.9 Å². The molecule has 1 aliphatic heterocycles. The highest BCUT2D eigenvalue weighted by Gasteiger charge is 2.23. The molecule has 7 heteroatoms. The quantitative estimate of drug-likeness (QED) is 0.698. The van der Waals surface area contributed by atoms with E-state index in [0.29, 0.717) is 6.04 Å². The van der Waals surface area contributed by atoms with Crippen LogP contribution in [-0.4, -0.2) is 39.1 Å². The zero-order valence-corrected chi connectivity index (χ0v) is 18.1. The lowest BCUT2D eigenvalue weighted by atomic mass is 10.0. The van der Waals surface area contributed by atoms with Gasteiger partial charge in [-0.3, -0.25) is 4.68 Å². The fourth-order valence-corrected chi connectivity index (χ4v) is 4.15. The third kappa shape index (κ3) is 4.07. The summed E-state index contributed by atoms with van der Waals surface area (Å²) >= 11 is 0. The Balaban J connectivity index is 1.39. The molecule has 0 spiro atoms. The maximum Gasteiger partial charge on any atom is 0.154 e. The number of halogens is 1. The van der Waals surface area contributed by atoms with Crippen molar-refractivity contribution >= 4 is 5.82 Å². The number of nitrogens with zero attached hydrogens (tertiary/aromatic N) is 5. The normalized spacial score (nSPS) is 15.0. The second kappa shape index (κ2) is 8.52. The molecule has 0 atom stereocenters. The second-order valence-corrected chi connectivity index (χ2v) is 8.18. The molecule has 2 aromatic heterocycles. The van der Waals surface area contributed by atoms with E-state index < -0.39 is 0 Å². The Labute approximate surface area is 177 Å². The van der Waals surface area contributed by atoms with Crippen LogP contribution in [0.5, 0.6) is 0 Å². The fraction of sp³-hybridized carbons (Fsp3) is 0.435. The first-order valence-corrected chi connectivity index (χ1v) is 10.5. The van der Waals surface area contributed by atoms with Gasteiger partial charge >= 0.3 is 0 Å². The largest absolute Gasteiger partial charge is 0.355 e. The molecule has 1 aromatic carbocycles. The average molecular weight is 409 g/mol. The predicted molar refractivity (Wildman–Crippen MR) is 117 cm³/mol. The first kappa shape index (κ1) is 20.5. The molecule has 0 bridgehead atoms. The number of aromatic nitrogens is 4. The molecular formula is C23H29FN6. The standard InChI is InChI=1S/C23H29FN6/c1-15-13-19(24)6-5-18(15)14-25-20-8-11-30(12-9-20)23-17(3)16(2)22(27-28-23)21-7-10-26-29(21)4/h5-7,10,13,20,25H,8-9,11-12,14H2,1-4H3. The molecule has 0 radical (unpaired) electrons. The number of aryl methyl sites for hydroxylation is 2. The van der Waals surface area contributed by atoms with Crippen LogP contribution in [0.2, 0.25) is 0 Å². The first-order chi connectivity index (χ1) is 14.4. The zero-order chi connectivity index (χ0) is 21.3. The zero-order valence-electron chi connectivity index (χ0n) is 18.1. The van der Waals surface area contributed by atoms with Gasteiger partial charge in [-0.05, 0) is 74.1 Å². The number of benzene rings is 1. The van der Waals surface area contributed by atoms with Crippen molar-refractivity contribution in [2.75, 3.05) is 18.0 Å². The van der Waals surface area contributed by atoms with Crippen molar-refractivity contribution in [1.82, 2.24) is 25.3 Å². The molecule has 158 valence electrons. The molecule has 3 heterocycles. The molecule has 1 saturated heterocycles. The number of nitrogens with one attached hydrogen (secondary N) is 1. The minimum Gasteiger partial charge on any atom is -0.355 e. The van der Waals surface area contributed by atoms with Crippen LogP contribution in [0.25, 0.3) is 11.4 Å². The molecule has 3 aromatic rings. The van der Waals surface area contributed by atoms with Gasteiger partial charge in [0.1, 0.15) is 11.5 Å². The van der Waals surface area contributed by atoms with Gasteiger partial charge in [0.2, 0.25) is 0 Å². The maximum atomic E-state index is 13.3. The summed E-state index contributed by atoms with van der Waals surface area (Å²) in [7, 11) is 1.92. The molecule has 1 fully saturated rings. The Bertz CT molecular complexity index is 1040. The lowest BCUT2D eigenvalue weighted by molar-refractivity contribution is 0.411. The number of rotatable bonds is 5. The smallest absolute Gasteiger partial charge is 0.154 e. The van der Waals surface area contributed by atoms with Crippen molar-refractivity contribution in [3.05, 3.63) is 58.5 Å². The van der Waals surface area contributed by atoms with Gasteiger partial charge in [-0.2, -0.15) is 5.10 Å². The summed E-state index contributed by atoms with van der Waals surface area (Å²) in [5.41, 5.74) is 6.35. The lowest BCUT2D eigenvalue weighted by Gasteiger charge is -2.34. The van der Waals surface area contributed by atoms with Gasteiger partial charge in [0.05, 0.1) is 5.69 Å². The maximum absolute atomic E-state index is 13.3. The summed E-state index contributed by atoms with van der Waals surface area (Å²) in [5.74, 6) is 0.803. The summed E-state index contributed by atoms with van der Waals surface area (Å²) in [6, 6.07) is 7.42. The molecule has 4 rings (SSSR count). The summed E-state index contributed by atoms with van der Waals surface area (Å²) in [6.07, 6.45) is 3.87. The van der Waals surface area contributed by atoms with Gasteiger partial charge in [-0.1, -0.05) is 6.07 Å². The molecule has 0 amide bonds. The van der Waals surface area contributed by atoms with Crippen molar-refractivity contribution in [2.24, 2.45) is 7.05 Å². The molecule has 1 aliphatic rings. The van der Waals surface area contributed by atoms with E-state index >= 15 is 0 Å². The summed E-state index contributed by atoms with van der Waals surface area (Å²) in [4.78, 5) is 2.34. The SMILES string of the molecule is Cc1cc(F)ccc1CNC1CCN(c2nnc(-c3ccnn3C)c(C)c2C)CC1. The third-order valence-corrected chi connectivity index (χ3v) is 6.24. The van der Waals surface area contributed by atoms with Gasteiger partial charge in [-0.15, -0.1) is 10.2 Å². The summed E-state index contributed by atoms with van der Waals surface area (Å²) in [5, 5.41) is 17.0. The van der Waals surface area contributed by atoms with E-state index in [1.54, 1.807) is 12.3 Å². The van der Waals surface area contributed by atoms with Crippen LogP contribution in [0.1, 0.15) is 35.1 Å². The highest BCUT2D eigenvalue weighted by atomic mass is 19.1. The predicted octanol–water partition coefficient (Wildman–Crippen LogP) is 3.70. The monoisotopic (exact) mass is 408 g/mol. The van der Waals surface area contributed by atoms with Gasteiger partial charge in [0.15, 0.2) is 5.82 Å². The minimum atomic E-state index is -0.175. The Morgan fingerprint density at radius 1 is 1.07 bits per heavy atom. The van der Waals surface area contributed by atoms with Crippen molar-refractivity contribution in [3.8, 4) is 11.4 Å². The highest BCUT2D eigenvalue weighted by Crippen LogP contribution is 2.29. The Morgan fingerprint density at radius 3 is 2.50 bits per heavy atom. The van der Waals surface area contributed by atoms with Crippen molar-refractivity contribution < 1.29 is 4.39 Å². The van der Waals surface area contributed by atoms with Crippen LogP contribution in [0.3, 0.4) is 0 Å². The van der Waals surface area contributed by atoms with E-state index in [2.05, 4.69) is 39.4 Å². The lowest BCUT2D eigenvalue weighted by Crippen LogP contribution is -2.43. The van der Waals surface area contributed by atoms with E-state index in [-0.39, 0.29) is 5.82 Å². The second-order valence-electron chi connectivity index (χ2n) is 8.18. The van der Waals surface area contributed by atoms with E-state index in [1.807, 2.05) is 30.8 Å². The van der Waals surface area contributed by atoms with Gasteiger partial charge in [0, 0.05) is 38.9 Å². The van der Waals surface area contributed by atoms with Gasteiger partial charge in [0.25, 0.3) is 0 Å². The van der Waals surface area contributed by atoms with Crippen molar-refractivity contribution in [3.63, 3.8) is 0 Å². The fourth-order valence-electron chi connectivity index (χ4n) is 4.15. The van der Waals surface area contributed by atoms with Gasteiger partial charge in [-0.25, -0.2) is 4.39 Å². The molecule has 6 nitrogen and oxygen atoms in total. The summed E-state index contributed by atoms with van der Waals surface area (Å²) in [6.45, 7) is 8.85. The number of anilines is 1. The molecular weight excluding hydrogens is 379 g/mol. The van der Waals surface area contributed by atoms with Crippen LogP contribution in [0, 0.1) is 26.6 Å². The Kier molecular flexibility index (Phi) is 5.81. The van der Waals surface area contributed by atoms with Crippen LogP contribution in [0.15, 0.2) is 30.5 Å². The van der Waals surface area contributed by atoms with E-state index in [9.17, 15) is 4.39 Å². The minimum absolute atomic E-state index is 0.175. The number of piperidine rings is 1. The van der Waals surface area contributed by atoms with Gasteiger partial charge < -0.3 is 10.2 Å². The van der Waals surface area contributed by atoms with Crippen LogP contribution >= 0.6 is 0 Å². The molecule has 0 aliphatic carbocycles. The molecule has 1 N–H and O–H groups in total. The van der Waals surface area contributed by atoms with E-state index in [1.165, 1.54) is 11.6 Å². The van der Waals surface area contributed by atoms with Crippen LogP contribution in [0.4, 0.5) is 10.2 Å². The molecule has 0 saturated carbocycles. The van der Waals surface area contributed by atoms with E-state index in [4.69, 9.17) is 0 Å². The van der Waals surface area contributed by atoms with Crippen molar-refractivity contribution in [2.45, 2.75) is 46.2 Å². The Morgan fingerprint density at radius 2 is 1.83 bits per heavy atom. The van der Waals surface area contributed by atoms with Crippen LogP contribution < -0.4 is 10.2 Å². The average Bonchev–Trinajstić information content (AvgIpc) is 3.15. The van der Waals surface area contributed by atoms with Crippen molar-refractivity contribution in [1.29, 1.82) is 0 Å². The van der Waals surface area contributed by atoms with Crippen LogP contribution in [-0.2, 0) is 13.6 Å². The molecule has 0 unspecified atom stereocenters. The third-order valence-electron chi connectivity index (χ3n) is 6.24. The van der Waals surface area contributed by atoms with E-state index in [0.717, 1.165) is 66.4 Å². The highest BCUT2D eigenvalue weighted by molar-refractivity contribution is 5.64.